The van der Waals surface area contributed by atoms with Crippen molar-refractivity contribution in [2.75, 3.05) is 18.5 Å². The molecule has 4 nitrogen and oxygen atoms in total. The van der Waals surface area contributed by atoms with Gasteiger partial charge in [0, 0.05) is 12.6 Å². The first-order chi connectivity index (χ1) is 7.72. The number of rotatable bonds is 7. The highest BCUT2D eigenvalue weighted by Gasteiger charge is 1.99. The predicted octanol–water partition coefficient (Wildman–Crippen LogP) is 2.72. The molecule has 1 N–H and O–H groups in total. The lowest BCUT2D eigenvalue weighted by Crippen LogP contribution is -2.07. The smallest absolute Gasteiger partial charge is 0.218 e. The second-order valence-electron chi connectivity index (χ2n) is 4.20. The van der Waals surface area contributed by atoms with Gasteiger partial charge in [0.1, 0.15) is 12.1 Å². The third-order valence-corrected chi connectivity index (χ3v) is 2.12. The molecule has 0 spiro atoms. The first-order valence-electron chi connectivity index (χ1n) is 5.91. The van der Waals surface area contributed by atoms with Crippen LogP contribution in [-0.4, -0.2) is 23.1 Å². The van der Waals surface area contributed by atoms with E-state index in [4.69, 9.17) is 4.74 Å². The van der Waals surface area contributed by atoms with Gasteiger partial charge in [-0.1, -0.05) is 20.8 Å². The van der Waals surface area contributed by atoms with Gasteiger partial charge in [-0.2, -0.15) is 0 Å². The van der Waals surface area contributed by atoms with Gasteiger partial charge in [0.2, 0.25) is 5.88 Å². The number of anilines is 1. The fraction of sp³-hybridized carbons (Fsp3) is 0.667. The standard InChI is InChI=1S/C12H21N3O/c1-4-7-16-12-8-11(14-9-15-12)13-6-5-10(2)3/h8-10H,4-7H2,1-3H3,(H,13,14,15). The van der Waals surface area contributed by atoms with Gasteiger partial charge in [-0.3, -0.25) is 0 Å². The Morgan fingerprint density at radius 3 is 2.88 bits per heavy atom. The molecule has 1 heterocycles. The van der Waals surface area contributed by atoms with Gasteiger partial charge in [0.05, 0.1) is 6.61 Å². The van der Waals surface area contributed by atoms with E-state index < -0.39 is 0 Å². The molecule has 0 aliphatic rings. The van der Waals surface area contributed by atoms with Crippen LogP contribution < -0.4 is 10.1 Å². The van der Waals surface area contributed by atoms with E-state index >= 15 is 0 Å². The van der Waals surface area contributed by atoms with E-state index in [1.54, 1.807) is 0 Å². The fourth-order valence-electron chi connectivity index (χ4n) is 1.21. The number of nitrogens with zero attached hydrogens (tertiary/aromatic N) is 2. The summed E-state index contributed by atoms with van der Waals surface area (Å²) in [6, 6.07) is 1.84. The summed E-state index contributed by atoms with van der Waals surface area (Å²) in [6.45, 7) is 8.11. The molecule has 0 aliphatic heterocycles. The molecule has 1 aromatic heterocycles. The van der Waals surface area contributed by atoms with Crippen LogP contribution in [0.4, 0.5) is 5.82 Å². The number of hydrogen-bond donors (Lipinski definition) is 1. The Hall–Kier alpha value is -1.32. The zero-order valence-corrected chi connectivity index (χ0v) is 10.4. The molecule has 1 aromatic rings. The molecule has 0 amide bonds. The van der Waals surface area contributed by atoms with Crippen molar-refractivity contribution in [3.05, 3.63) is 12.4 Å². The summed E-state index contributed by atoms with van der Waals surface area (Å²) >= 11 is 0. The Bertz CT molecular complexity index is 302. The van der Waals surface area contributed by atoms with Crippen LogP contribution in [-0.2, 0) is 0 Å². The highest BCUT2D eigenvalue weighted by Crippen LogP contribution is 2.11. The maximum absolute atomic E-state index is 5.43. The molecule has 0 radical (unpaired) electrons. The average Bonchev–Trinajstić information content (AvgIpc) is 2.26. The van der Waals surface area contributed by atoms with Crippen molar-refractivity contribution >= 4 is 5.82 Å². The van der Waals surface area contributed by atoms with Crippen LogP contribution in [0.1, 0.15) is 33.6 Å². The molecule has 0 fully saturated rings. The summed E-state index contributed by atoms with van der Waals surface area (Å²) < 4.78 is 5.43. The SMILES string of the molecule is CCCOc1cc(NCCC(C)C)ncn1. The van der Waals surface area contributed by atoms with Crippen LogP contribution in [0, 0.1) is 5.92 Å². The van der Waals surface area contributed by atoms with Gasteiger partial charge in [-0.05, 0) is 18.8 Å². The van der Waals surface area contributed by atoms with Gasteiger partial charge in [-0.25, -0.2) is 9.97 Å². The van der Waals surface area contributed by atoms with E-state index in [0.29, 0.717) is 18.4 Å². The second-order valence-corrected chi connectivity index (χ2v) is 4.20. The molecule has 0 unspecified atom stereocenters. The second kappa shape index (κ2) is 7.04. The summed E-state index contributed by atoms with van der Waals surface area (Å²) in [7, 11) is 0. The zero-order chi connectivity index (χ0) is 11.8. The molecule has 16 heavy (non-hydrogen) atoms. The molecular weight excluding hydrogens is 202 g/mol. The summed E-state index contributed by atoms with van der Waals surface area (Å²) in [4.78, 5) is 8.19. The Labute approximate surface area is 97.5 Å². The summed E-state index contributed by atoms with van der Waals surface area (Å²) in [5, 5.41) is 3.26. The fourth-order valence-corrected chi connectivity index (χ4v) is 1.21. The van der Waals surface area contributed by atoms with E-state index in [2.05, 4.69) is 36.1 Å². The van der Waals surface area contributed by atoms with E-state index in [1.807, 2.05) is 6.07 Å². The quantitative estimate of drug-likeness (QED) is 0.772. The van der Waals surface area contributed by atoms with Crippen molar-refractivity contribution in [3.63, 3.8) is 0 Å². The van der Waals surface area contributed by atoms with Crippen LogP contribution in [0.15, 0.2) is 12.4 Å². The van der Waals surface area contributed by atoms with E-state index in [0.717, 1.165) is 25.2 Å². The predicted molar refractivity (Wildman–Crippen MR) is 65.8 cm³/mol. The molecular formula is C12H21N3O. The molecule has 90 valence electrons. The van der Waals surface area contributed by atoms with Crippen molar-refractivity contribution in [1.82, 2.24) is 9.97 Å². The first kappa shape index (κ1) is 12.7. The minimum Gasteiger partial charge on any atom is -0.478 e. The van der Waals surface area contributed by atoms with Crippen molar-refractivity contribution in [2.24, 2.45) is 5.92 Å². The molecule has 0 aromatic carbocycles. The van der Waals surface area contributed by atoms with Crippen LogP contribution in [0.3, 0.4) is 0 Å². The van der Waals surface area contributed by atoms with Crippen molar-refractivity contribution in [3.8, 4) is 5.88 Å². The van der Waals surface area contributed by atoms with Crippen molar-refractivity contribution in [2.45, 2.75) is 33.6 Å². The third-order valence-electron chi connectivity index (χ3n) is 2.12. The van der Waals surface area contributed by atoms with E-state index in [-0.39, 0.29) is 0 Å². The largest absolute Gasteiger partial charge is 0.478 e. The maximum atomic E-state index is 5.43. The Kier molecular flexibility index (Phi) is 5.61. The Morgan fingerprint density at radius 2 is 2.19 bits per heavy atom. The minimum atomic E-state index is 0.642. The molecule has 0 saturated carbocycles. The maximum Gasteiger partial charge on any atom is 0.218 e. The minimum absolute atomic E-state index is 0.642. The van der Waals surface area contributed by atoms with Crippen molar-refractivity contribution < 1.29 is 4.74 Å². The lowest BCUT2D eigenvalue weighted by Gasteiger charge is -2.08. The Balaban J connectivity index is 2.40. The number of nitrogens with one attached hydrogen (secondary N) is 1. The molecule has 1 rings (SSSR count). The van der Waals surface area contributed by atoms with Gasteiger partial charge in [0.25, 0.3) is 0 Å². The normalized spacial score (nSPS) is 10.5. The summed E-state index contributed by atoms with van der Waals surface area (Å²) in [5.74, 6) is 2.18. The van der Waals surface area contributed by atoms with Gasteiger partial charge in [-0.15, -0.1) is 0 Å². The monoisotopic (exact) mass is 223 g/mol. The Morgan fingerprint density at radius 1 is 1.38 bits per heavy atom. The van der Waals surface area contributed by atoms with Crippen LogP contribution >= 0.6 is 0 Å². The summed E-state index contributed by atoms with van der Waals surface area (Å²) in [6.07, 6.45) is 3.65. The highest BCUT2D eigenvalue weighted by molar-refractivity contribution is 5.36. The third kappa shape index (κ3) is 4.96. The zero-order valence-electron chi connectivity index (χ0n) is 10.4. The van der Waals surface area contributed by atoms with Crippen LogP contribution in [0.25, 0.3) is 0 Å². The molecule has 0 atom stereocenters. The lowest BCUT2D eigenvalue weighted by atomic mass is 10.1. The molecule has 4 heteroatoms. The number of aromatic nitrogens is 2. The van der Waals surface area contributed by atoms with E-state index in [1.165, 1.54) is 6.33 Å². The highest BCUT2D eigenvalue weighted by atomic mass is 16.5. The van der Waals surface area contributed by atoms with Gasteiger partial charge < -0.3 is 10.1 Å². The van der Waals surface area contributed by atoms with Crippen molar-refractivity contribution in [1.29, 1.82) is 0 Å². The van der Waals surface area contributed by atoms with Crippen LogP contribution in [0.2, 0.25) is 0 Å². The lowest BCUT2D eigenvalue weighted by molar-refractivity contribution is 0.305. The van der Waals surface area contributed by atoms with Gasteiger partial charge in [0.15, 0.2) is 0 Å². The van der Waals surface area contributed by atoms with Crippen LogP contribution in [0.5, 0.6) is 5.88 Å². The molecule has 0 aliphatic carbocycles. The van der Waals surface area contributed by atoms with Gasteiger partial charge >= 0.3 is 0 Å². The first-order valence-corrected chi connectivity index (χ1v) is 5.91. The van der Waals surface area contributed by atoms with E-state index in [9.17, 15) is 0 Å². The number of hydrogen-bond acceptors (Lipinski definition) is 4. The number of ether oxygens (including phenoxy) is 1. The average molecular weight is 223 g/mol. The summed E-state index contributed by atoms with van der Waals surface area (Å²) in [5.41, 5.74) is 0. The molecule has 0 bridgehead atoms. The topological polar surface area (TPSA) is 47.0 Å². The molecule has 0 saturated heterocycles.